The molecular weight excluding hydrogens is 362 g/mol. The van der Waals surface area contributed by atoms with Gasteiger partial charge in [0.25, 0.3) is 0 Å². The van der Waals surface area contributed by atoms with Crippen molar-refractivity contribution in [3.8, 4) is 0 Å². The monoisotopic (exact) mass is 379 g/mol. The number of nitrogens with one attached hydrogen (secondary N) is 1. The molecule has 1 rings (SSSR count). The molecule has 17 heavy (non-hydrogen) atoms. The van der Waals surface area contributed by atoms with E-state index in [1.165, 1.54) is 24.2 Å². The van der Waals surface area contributed by atoms with Gasteiger partial charge in [0.15, 0.2) is 0 Å². The number of benzene rings is 1. The maximum Gasteiger partial charge on any atom is 0.0302 e. The molecule has 1 aromatic rings. The number of hydrogen-bond donors (Lipinski definition) is 1. The number of unbranched alkanes of at least 4 members (excludes halogenated alkanes) is 1. The standard InChI is InChI=1S/C13H19Br2NS/c1-10(16-7-3-4-8-17-2)12-6-5-11(14)9-13(12)15/h5-6,9-10,16H,3-4,7-8H2,1-2H3. The summed E-state index contributed by atoms with van der Waals surface area (Å²) in [7, 11) is 0. The lowest BCUT2D eigenvalue weighted by atomic mass is 10.1. The van der Waals surface area contributed by atoms with Crippen LogP contribution in [0.5, 0.6) is 0 Å². The smallest absolute Gasteiger partial charge is 0.0302 e. The second-order valence-corrected chi connectivity index (χ2v) is 6.80. The van der Waals surface area contributed by atoms with E-state index in [-0.39, 0.29) is 0 Å². The highest BCUT2D eigenvalue weighted by molar-refractivity contribution is 9.11. The van der Waals surface area contributed by atoms with Crippen LogP contribution in [0.2, 0.25) is 0 Å². The Kier molecular flexibility index (Phi) is 7.84. The van der Waals surface area contributed by atoms with Gasteiger partial charge < -0.3 is 5.32 Å². The first kappa shape index (κ1) is 15.5. The van der Waals surface area contributed by atoms with Gasteiger partial charge in [-0.2, -0.15) is 11.8 Å². The Morgan fingerprint density at radius 3 is 2.71 bits per heavy atom. The predicted molar refractivity (Wildman–Crippen MR) is 85.9 cm³/mol. The van der Waals surface area contributed by atoms with Crippen LogP contribution in [0.1, 0.15) is 31.4 Å². The maximum absolute atomic E-state index is 3.61. The van der Waals surface area contributed by atoms with Crippen LogP contribution in [-0.4, -0.2) is 18.6 Å². The van der Waals surface area contributed by atoms with E-state index in [2.05, 4.69) is 68.6 Å². The summed E-state index contributed by atoms with van der Waals surface area (Å²) in [6.45, 7) is 3.30. The van der Waals surface area contributed by atoms with Crippen molar-refractivity contribution in [2.45, 2.75) is 25.8 Å². The van der Waals surface area contributed by atoms with Crippen molar-refractivity contribution >= 4 is 43.6 Å². The van der Waals surface area contributed by atoms with Crippen molar-refractivity contribution in [3.63, 3.8) is 0 Å². The highest BCUT2D eigenvalue weighted by Gasteiger charge is 2.08. The van der Waals surface area contributed by atoms with Gasteiger partial charge in [0.05, 0.1) is 0 Å². The second kappa shape index (κ2) is 8.57. The summed E-state index contributed by atoms with van der Waals surface area (Å²) in [4.78, 5) is 0. The Balaban J connectivity index is 2.38. The minimum Gasteiger partial charge on any atom is -0.310 e. The Morgan fingerprint density at radius 1 is 1.29 bits per heavy atom. The van der Waals surface area contributed by atoms with E-state index in [1.807, 2.05) is 11.8 Å². The first-order valence-electron chi connectivity index (χ1n) is 5.82. The van der Waals surface area contributed by atoms with Crippen LogP contribution in [-0.2, 0) is 0 Å². The first-order chi connectivity index (χ1) is 8.15. The molecule has 0 bridgehead atoms. The van der Waals surface area contributed by atoms with Crippen molar-refractivity contribution in [3.05, 3.63) is 32.7 Å². The van der Waals surface area contributed by atoms with Crippen LogP contribution < -0.4 is 5.32 Å². The number of halogens is 2. The summed E-state index contributed by atoms with van der Waals surface area (Å²) < 4.78 is 2.27. The van der Waals surface area contributed by atoms with Gasteiger partial charge >= 0.3 is 0 Å². The van der Waals surface area contributed by atoms with Gasteiger partial charge in [-0.05, 0) is 56.0 Å². The topological polar surface area (TPSA) is 12.0 Å². The van der Waals surface area contributed by atoms with Crippen molar-refractivity contribution < 1.29 is 0 Å². The van der Waals surface area contributed by atoms with Gasteiger partial charge in [0.2, 0.25) is 0 Å². The van der Waals surface area contributed by atoms with Crippen LogP contribution in [0, 0.1) is 0 Å². The van der Waals surface area contributed by atoms with Crippen molar-refractivity contribution in [2.75, 3.05) is 18.6 Å². The Hall–Kier alpha value is 0.490. The van der Waals surface area contributed by atoms with Crippen LogP contribution in [0.3, 0.4) is 0 Å². The first-order valence-corrected chi connectivity index (χ1v) is 8.80. The Bertz CT molecular complexity index is 344. The van der Waals surface area contributed by atoms with Crippen LogP contribution >= 0.6 is 43.6 Å². The van der Waals surface area contributed by atoms with Gasteiger partial charge in [-0.3, -0.25) is 0 Å². The summed E-state index contributed by atoms with van der Waals surface area (Å²) in [5.74, 6) is 1.26. The van der Waals surface area contributed by atoms with Crippen molar-refractivity contribution in [2.24, 2.45) is 0 Å². The van der Waals surface area contributed by atoms with Gasteiger partial charge in [-0.15, -0.1) is 0 Å². The number of thioether (sulfide) groups is 1. The second-order valence-electron chi connectivity index (χ2n) is 4.04. The van der Waals surface area contributed by atoms with E-state index in [0.717, 1.165) is 15.5 Å². The Morgan fingerprint density at radius 2 is 2.06 bits per heavy atom. The lowest BCUT2D eigenvalue weighted by Crippen LogP contribution is -2.20. The molecule has 0 aromatic heterocycles. The third-order valence-corrected chi connectivity index (χ3v) is 4.53. The summed E-state index contributed by atoms with van der Waals surface area (Å²) in [5, 5.41) is 3.56. The molecule has 1 N–H and O–H groups in total. The molecule has 1 atom stereocenters. The zero-order chi connectivity index (χ0) is 12.7. The average molecular weight is 381 g/mol. The lowest BCUT2D eigenvalue weighted by Gasteiger charge is -2.16. The predicted octanol–water partition coefficient (Wildman–Crippen LogP) is 5.01. The molecule has 1 unspecified atom stereocenters. The molecule has 0 heterocycles. The molecular formula is C13H19Br2NS. The zero-order valence-electron chi connectivity index (χ0n) is 10.3. The fraction of sp³-hybridized carbons (Fsp3) is 0.538. The minimum atomic E-state index is 0.395. The molecule has 0 saturated heterocycles. The van der Waals surface area contributed by atoms with Crippen LogP contribution in [0.4, 0.5) is 0 Å². The number of hydrogen-bond acceptors (Lipinski definition) is 2. The SMILES string of the molecule is CSCCCCNC(C)c1ccc(Br)cc1Br. The third-order valence-electron chi connectivity index (χ3n) is 2.65. The molecule has 0 saturated carbocycles. The van der Waals surface area contributed by atoms with Crippen molar-refractivity contribution in [1.29, 1.82) is 0 Å². The van der Waals surface area contributed by atoms with Crippen molar-refractivity contribution in [1.82, 2.24) is 5.32 Å². The fourth-order valence-electron chi connectivity index (χ4n) is 1.65. The molecule has 0 radical (unpaired) electrons. The van der Waals surface area contributed by atoms with Crippen LogP contribution in [0.15, 0.2) is 27.1 Å². The van der Waals surface area contributed by atoms with E-state index in [1.54, 1.807) is 0 Å². The minimum absolute atomic E-state index is 0.395. The molecule has 0 amide bonds. The summed E-state index contributed by atoms with van der Waals surface area (Å²) in [6.07, 6.45) is 4.71. The van der Waals surface area contributed by atoms with E-state index < -0.39 is 0 Å². The summed E-state index contributed by atoms with van der Waals surface area (Å²) in [5.41, 5.74) is 1.32. The zero-order valence-corrected chi connectivity index (χ0v) is 14.3. The largest absolute Gasteiger partial charge is 0.310 e. The van der Waals surface area contributed by atoms with E-state index in [0.29, 0.717) is 6.04 Å². The highest BCUT2D eigenvalue weighted by Crippen LogP contribution is 2.26. The molecule has 0 fully saturated rings. The maximum atomic E-state index is 3.61. The average Bonchev–Trinajstić information content (AvgIpc) is 2.28. The van der Waals surface area contributed by atoms with Gasteiger partial charge in [0.1, 0.15) is 0 Å². The summed E-state index contributed by atoms with van der Waals surface area (Å²) in [6, 6.07) is 6.74. The van der Waals surface area contributed by atoms with Crippen LogP contribution in [0.25, 0.3) is 0 Å². The molecule has 0 aliphatic rings. The van der Waals surface area contributed by atoms with Gasteiger partial charge in [0, 0.05) is 15.0 Å². The molecule has 0 aliphatic carbocycles. The lowest BCUT2D eigenvalue weighted by molar-refractivity contribution is 0.554. The molecule has 0 spiro atoms. The molecule has 1 aromatic carbocycles. The quantitative estimate of drug-likeness (QED) is 0.667. The molecule has 96 valence electrons. The van der Waals surface area contributed by atoms with E-state index in [4.69, 9.17) is 0 Å². The normalized spacial score (nSPS) is 12.7. The molecule has 4 heteroatoms. The van der Waals surface area contributed by atoms with E-state index >= 15 is 0 Å². The molecule has 0 aliphatic heterocycles. The fourth-order valence-corrected chi connectivity index (χ4v) is 3.54. The third kappa shape index (κ3) is 5.77. The molecule has 1 nitrogen and oxygen atoms in total. The van der Waals surface area contributed by atoms with E-state index in [9.17, 15) is 0 Å². The van der Waals surface area contributed by atoms with Gasteiger partial charge in [-0.1, -0.05) is 37.9 Å². The number of rotatable bonds is 7. The van der Waals surface area contributed by atoms with Gasteiger partial charge in [-0.25, -0.2) is 0 Å². The highest BCUT2D eigenvalue weighted by atomic mass is 79.9. The summed E-state index contributed by atoms with van der Waals surface area (Å²) >= 11 is 9.00. The Labute approximate surface area is 125 Å².